The third kappa shape index (κ3) is 16.4. The Hall–Kier alpha value is -7.30. The molecule has 6 aliphatic carbocycles. The van der Waals surface area contributed by atoms with E-state index in [1.165, 1.54) is 22.0 Å². The van der Waals surface area contributed by atoms with E-state index in [1.54, 1.807) is 41.5 Å². The van der Waals surface area contributed by atoms with Crippen LogP contribution in [0.2, 0.25) is 0 Å². The average Bonchev–Trinajstić information content (AvgIpc) is 1.59. The standard InChI is InChI=1S/C32H36N4O7S.C29H31N3O6.C3H7NO2S.2CH4.BH.U/c1-5-19-17-32(19,29(38)35-44(40,41)21-14-15-21)33-28(37)26-16-20(18-36(26)30(39)42-31(2,3)4)43-34-27-24-12-8-6-10-22(24)23-11-7-9-13-25(23)27;1-5-17-15-29(17,26(34)35)30-25(33)23-14-18(16-32(23)27(36)37-28(2,3)4)38-31-24-21-12-8-6-10-19(21)20-11-7-9-13-22(20)24;4-7(5,6)3-1-2-3;;;;/h5-13,19-21,26H,1,14-18H2,2-4H3,(H,33,37)(H,35,38);5-13,17-18,23H,1,14-16H2,2-4H3,(H,30,33)(H,34,35);3H,1-2H2,(H2,4,5,6);2*1H4;1H;/t19-,20-,26+,32-;17-,18-,23+,29-;;;;;/m11...../s1/i;;;;;1D;. The number of carbonyl (C=O) groups is 6. The van der Waals surface area contributed by atoms with E-state index in [-0.39, 0.29) is 95.9 Å². The molecule has 2 aliphatic heterocycles. The Bertz CT molecular complexity index is 3760. The van der Waals surface area contributed by atoms with Gasteiger partial charge in [0.25, 0.3) is 5.91 Å². The van der Waals surface area contributed by atoms with Gasteiger partial charge in [-0.2, -0.15) is 0 Å². The Morgan fingerprint density at radius 1 is 0.602 bits per heavy atom. The van der Waals surface area contributed by atoms with Crippen molar-refractivity contribution in [2.45, 2.75) is 165 Å². The minimum atomic E-state index is -3.83. The molecule has 0 aromatic heterocycles. The number of hydrogen-bond donors (Lipinski definition) is 5. The summed E-state index contributed by atoms with van der Waals surface area (Å²) in [5, 5.41) is 28.1. The number of benzene rings is 4. The monoisotopic (exact) mass is 1540 g/mol. The largest absolute Gasteiger partial charge is 0.479 e. The molecule has 2 radical (unpaired) electrons. The number of rotatable bonds is 15. The van der Waals surface area contributed by atoms with Gasteiger partial charge in [-0.3, -0.25) is 28.9 Å². The second kappa shape index (κ2) is 28.7. The van der Waals surface area contributed by atoms with Gasteiger partial charge in [0, 0.05) is 86.4 Å². The maximum Gasteiger partial charge on any atom is 0.411 e. The minimum Gasteiger partial charge on any atom is -0.479 e. The predicted molar refractivity (Wildman–Crippen MR) is 350 cm³/mol. The molecule has 4 aromatic rings. The summed E-state index contributed by atoms with van der Waals surface area (Å²) in [6, 6.07) is 29.6. The van der Waals surface area contributed by atoms with E-state index in [9.17, 15) is 50.7 Å². The quantitative estimate of drug-likeness (QED) is 0.0377. The summed E-state index contributed by atoms with van der Waals surface area (Å²) >= 11 is 0. The first kappa shape index (κ1) is 73.1. The molecule has 8 atom stereocenters. The van der Waals surface area contributed by atoms with Crippen LogP contribution in [0.1, 0.15) is 130 Å². The number of hydrogen-bond acceptors (Lipinski definition) is 16. The summed E-state index contributed by atoms with van der Waals surface area (Å²) in [6.07, 6.45) is 3.58. The Balaban J connectivity index is 0.000000258. The van der Waals surface area contributed by atoms with Gasteiger partial charge in [-0.1, -0.05) is 134 Å². The van der Waals surface area contributed by atoms with E-state index in [0.717, 1.165) is 57.3 Å². The first-order chi connectivity index (χ1) is 43.0. The number of carboxylic acids is 1. The van der Waals surface area contributed by atoms with Crippen molar-refractivity contribution in [3.8, 4) is 22.3 Å². The number of nitrogens with one attached hydrogen (secondary N) is 3. The van der Waals surface area contributed by atoms with Crippen molar-refractivity contribution in [3.05, 3.63) is 145 Å². The zero-order valence-corrected chi connectivity index (χ0v) is 57.2. The van der Waals surface area contributed by atoms with Gasteiger partial charge in [-0.15, -0.1) is 13.2 Å². The van der Waals surface area contributed by atoms with Gasteiger partial charge in [0.2, 0.25) is 31.9 Å². The zero-order chi connectivity index (χ0) is 66.2. The Labute approximate surface area is 571 Å². The molecule has 0 unspecified atom stereocenters. The first-order valence-corrected chi connectivity index (χ1v) is 32.7. The van der Waals surface area contributed by atoms with E-state index in [2.05, 4.69) is 47.2 Å². The third-order valence-electron chi connectivity index (χ3n) is 16.5. The van der Waals surface area contributed by atoms with Gasteiger partial charge in [0.1, 0.15) is 58.0 Å². The number of amides is 5. The van der Waals surface area contributed by atoms with Crippen LogP contribution in [-0.4, -0.2) is 159 Å². The summed E-state index contributed by atoms with van der Waals surface area (Å²) in [7, 11) is -3.21. The predicted octanol–water partition coefficient (Wildman–Crippen LogP) is 7.50. The number of nitrogens with zero attached hydrogens (tertiary/aromatic N) is 4. The van der Waals surface area contributed by atoms with Crippen LogP contribution in [0.3, 0.4) is 0 Å². The van der Waals surface area contributed by atoms with Crippen LogP contribution in [0.5, 0.6) is 0 Å². The molecule has 0 bridgehead atoms. The Morgan fingerprint density at radius 2 is 0.925 bits per heavy atom. The third-order valence-corrected chi connectivity index (χ3v) is 19.8. The van der Waals surface area contributed by atoms with Crippen molar-refractivity contribution in [2.75, 3.05) is 13.1 Å². The molecule has 27 heteroatoms. The fourth-order valence-electron chi connectivity index (χ4n) is 11.5. The summed E-state index contributed by atoms with van der Waals surface area (Å²) in [5.41, 5.74) is 4.79. The Morgan fingerprint density at radius 3 is 1.20 bits per heavy atom. The van der Waals surface area contributed by atoms with E-state index in [0.29, 0.717) is 24.3 Å². The van der Waals surface area contributed by atoms with E-state index in [4.69, 9.17) is 25.6 Å². The number of ether oxygens (including phenoxy) is 2. The van der Waals surface area contributed by atoms with Crippen LogP contribution in [0, 0.1) is 42.9 Å². The van der Waals surface area contributed by atoms with E-state index >= 15 is 0 Å². The number of sulfonamides is 2. The minimum absolute atomic E-state index is 0. The first-order valence-electron chi connectivity index (χ1n) is 30.1. The molecule has 5 amide bonds. The number of carboxylic acid groups (broad SMARTS) is 1. The molecule has 4 aromatic carbocycles. The topological polar surface area (TPSA) is 321 Å². The summed E-state index contributed by atoms with van der Waals surface area (Å²) in [4.78, 5) is 93.1. The van der Waals surface area contributed by atoms with Gasteiger partial charge in [0.15, 0.2) is 0 Å². The maximum atomic E-state index is 13.8. The van der Waals surface area contributed by atoms with Crippen molar-refractivity contribution in [1.29, 1.82) is 1.34 Å². The second-order valence-corrected chi connectivity index (χ2v) is 29.4. The van der Waals surface area contributed by atoms with Crippen molar-refractivity contribution in [2.24, 2.45) is 27.3 Å². The van der Waals surface area contributed by atoms with Crippen molar-refractivity contribution < 1.29 is 101 Å². The SMILES string of the molecule is C.C.C=C[C@@H]1C[C@]1(NC(=O)[C@@H]1C[C@@H](ON=C2c3ccccc3-c3ccccc32)CN1C(=O)OC(C)(C)C)C(=O)NS(=O)(=O)C1CC1.C=C[C@@H]1C[C@]1(NC(=O)[C@@H]1C[C@@H](ON=C2c3ccccc3-c3ccccc32)CN1C(=O)OC(C)(C)C)C(=O)O.NS(=O)(=O)C1CC1.[2H][B].[U]. The molecule has 93 heavy (non-hydrogen) atoms. The van der Waals surface area contributed by atoms with Gasteiger partial charge >= 0.3 is 18.2 Å². The van der Waals surface area contributed by atoms with Gasteiger partial charge in [-0.05, 0) is 104 Å². The fourth-order valence-corrected chi connectivity index (χ4v) is 13.6. The zero-order valence-electron chi connectivity index (χ0n) is 52.4. The molecule has 4 saturated carbocycles. The smallest absolute Gasteiger partial charge is 0.411 e. The molecule has 0 spiro atoms. The molecular weight excluding hydrogens is 1460 g/mol. The van der Waals surface area contributed by atoms with Gasteiger partial charge in [0.05, 0.1) is 23.6 Å². The number of carbonyl (C=O) groups excluding carboxylic acids is 5. The number of oxime groups is 2. The van der Waals surface area contributed by atoms with Crippen LogP contribution in [-0.2, 0) is 58.4 Å². The van der Waals surface area contributed by atoms with Crippen LogP contribution < -0.4 is 20.5 Å². The number of aliphatic carboxylic acids is 1. The maximum absolute atomic E-state index is 13.8. The number of primary sulfonamides is 1. The molecule has 23 nitrogen and oxygen atoms in total. The summed E-state index contributed by atoms with van der Waals surface area (Å²) in [6.45, 7) is 17.9. The Kier molecular flexibility index (Phi) is 22.6. The number of nitrogens with two attached hydrogens (primary N) is 1. The molecule has 2 saturated heterocycles. The molecule has 6 fully saturated rings. The fraction of sp³-hybridized carbons (Fsp3) is 0.455. The molecule has 2 heterocycles. The molecule has 8 aliphatic rings. The van der Waals surface area contributed by atoms with Gasteiger partial charge in [-0.25, -0.2) is 36.4 Å². The van der Waals surface area contributed by atoms with Crippen LogP contribution in [0.15, 0.2) is 133 Å². The van der Waals surface area contributed by atoms with Crippen LogP contribution in [0.25, 0.3) is 22.3 Å². The molecule has 496 valence electrons. The van der Waals surface area contributed by atoms with Crippen molar-refractivity contribution in [1.82, 2.24) is 25.2 Å². The van der Waals surface area contributed by atoms with E-state index in [1.807, 2.05) is 97.1 Å². The van der Waals surface area contributed by atoms with Crippen LogP contribution in [0.4, 0.5) is 9.59 Å². The number of likely N-dealkylation sites (tertiary alicyclic amines) is 2. The van der Waals surface area contributed by atoms with Gasteiger partial charge < -0.3 is 34.9 Å². The normalized spacial score (nSPS) is 24.1. The van der Waals surface area contributed by atoms with Crippen LogP contribution >= 0.6 is 0 Å². The van der Waals surface area contributed by atoms with E-state index < -0.39 is 114 Å². The summed E-state index contributed by atoms with van der Waals surface area (Å²) < 4.78 is 63.9. The second-order valence-electron chi connectivity index (χ2n) is 25.6. The van der Waals surface area contributed by atoms with Crippen molar-refractivity contribution >= 4 is 75.7 Å². The molecule has 12 rings (SSSR count). The molecule has 6 N–H and O–H groups in total. The van der Waals surface area contributed by atoms with Crippen molar-refractivity contribution in [3.63, 3.8) is 0 Å². The summed E-state index contributed by atoms with van der Waals surface area (Å²) in [5.74, 6) is -3.95. The average molecular weight is 1540 g/mol. The number of fused-ring (bicyclic) bond motifs is 6. The molecular formula is C66H83BN8O15S2U.